The number of aryl methyl sites for hydroxylation is 2. The summed E-state index contributed by atoms with van der Waals surface area (Å²) in [5, 5.41) is 11.6. The van der Waals surface area contributed by atoms with E-state index in [4.69, 9.17) is 0 Å². The first-order valence-corrected chi connectivity index (χ1v) is 12.7. The predicted molar refractivity (Wildman–Crippen MR) is 123 cm³/mol. The Balaban J connectivity index is 1.65. The molecular formula is C22H26N4O3S2. The van der Waals surface area contributed by atoms with Crippen LogP contribution in [0, 0.1) is 6.92 Å². The van der Waals surface area contributed by atoms with Crippen LogP contribution in [0.3, 0.4) is 0 Å². The number of nitrogens with one attached hydrogen (secondary N) is 1. The SMILES string of the molecule is CCc1ccc(NC(=O)CSc2nnc(CS(=O)(=O)c3ccc(C)cc3)n2CC)cc1. The number of aromatic nitrogens is 3. The Labute approximate surface area is 187 Å². The van der Waals surface area contributed by atoms with E-state index in [-0.39, 0.29) is 22.3 Å². The van der Waals surface area contributed by atoms with Crippen LogP contribution in [-0.2, 0) is 33.4 Å². The fraction of sp³-hybridized carbons (Fsp3) is 0.318. The van der Waals surface area contributed by atoms with Gasteiger partial charge in [0.05, 0.1) is 10.6 Å². The van der Waals surface area contributed by atoms with Crippen molar-refractivity contribution in [1.29, 1.82) is 0 Å². The first-order chi connectivity index (χ1) is 14.8. The van der Waals surface area contributed by atoms with Crippen molar-refractivity contribution in [3.63, 3.8) is 0 Å². The molecular weight excluding hydrogens is 432 g/mol. The molecule has 0 fully saturated rings. The third-order valence-corrected chi connectivity index (χ3v) is 7.38. The zero-order valence-electron chi connectivity index (χ0n) is 17.8. The number of sulfone groups is 1. The van der Waals surface area contributed by atoms with Crippen LogP contribution < -0.4 is 5.32 Å². The van der Waals surface area contributed by atoms with Gasteiger partial charge in [-0.15, -0.1) is 10.2 Å². The molecule has 0 unspecified atom stereocenters. The summed E-state index contributed by atoms with van der Waals surface area (Å²) >= 11 is 1.23. The minimum Gasteiger partial charge on any atom is -0.325 e. The molecule has 164 valence electrons. The van der Waals surface area contributed by atoms with Crippen LogP contribution in [0.5, 0.6) is 0 Å². The molecule has 31 heavy (non-hydrogen) atoms. The number of thioether (sulfide) groups is 1. The van der Waals surface area contributed by atoms with Crippen molar-refractivity contribution in [2.75, 3.05) is 11.1 Å². The number of rotatable bonds is 9. The normalized spacial score (nSPS) is 11.5. The lowest BCUT2D eigenvalue weighted by Crippen LogP contribution is -2.15. The highest BCUT2D eigenvalue weighted by Crippen LogP contribution is 2.21. The fourth-order valence-electron chi connectivity index (χ4n) is 3.00. The monoisotopic (exact) mass is 458 g/mol. The number of carbonyl (C=O) groups excluding carboxylic acids is 1. The van der Waals surface area contributed by atoms with Crippen molar-refractivity contribution in [3.05, 3.63) is 65.5 Å². The number of carbonyl (C=O) groups is 1. The Morgan fingerprint density at radius 3 is 2.32 bits per heavy atom. The van der Waals surface area contributed by atoms with Crippen LogP contribution in [0.2, 0.25) is 0 Å². The van der Waals surface area contributed by atoms with E-state index < -0.39 is 9.84 Å². The number of anilines is 1. The van der Waals surface area contributed by atoms with E-state index in [1.165, 1.54) is 17.3 Å². The maximum Gasteiger partial charge on any atom is 0.234 e. The molecule has 0 aliphatic carbocycles. The highest BCUT2D eigenvalue weighted by atomic mass is 32.2. The fourth-order valence-corrected chi connectivity index (χ4v) is 5.09. The Morgan fingerprint density at radius 2 is 1.71 bits per heavy atom. The molecule has 0 spiro atoms. The van der Waals surface area contributed by atoms with E-state index in [1.807, 2.05) is 38.1 Å². The van der Waals surface area contributed by atoms with Gasteiger partial charge in [-0.3, -0.25) is 4.79 Å². The Hall–Kier alpha value is -2.65. The molecule has 0 aliphatic rings. The van der Waals surface area contributed by atoms with E-state index in [0.29, 0.717) is 17.5 Å². The number of hydrogen-bond acceptors (Lipinski definition) is 6. The third-order valence-electron chi connectivity index (χ3n) is 4.79. The van der Waals surface area contributed by atoms with Crippen molar-refractivity contribution >= 4 is 33.2 Å². The maximum absolute atomic E-state index is 12.8. The minimum atomic E-state index is -3.54. The zero-order valence-corrected chi connectivity index (χ0v) is 19.5. The Bertz CT molecular complexity index is 1140. The summed E-state index contributed by atoms with van der Waals surface area (Å²) in [6, 6.07) is 14.5. The average molecular weight is 459 g/mol. The van der Waals surface area contributed by atoms with Gasteiger partial charge in [0.1, 0.15) is 11.6 Å². The predicted octanol–water partition coefficient (Wildman–Crippen LogP) is 3.87. The number of amides is 1. The molecule has 1 heterocycles. The molecule has 0 atom stereocenters. The number of hydrogen-bond donors (Lipinski definition) is 1. The van der Waals surface area contributed by atoms with Crippen molar-refractivity contribution < 1.29 is 13.2 Å². The molecule has 0 bridgehead atoms. The third kappa shape index (κ3) is 5.95. The van der Waals surface area contributed by atoms with Gasteiger partial charge in [-0.25, -0.2) is 8.42 Å². The molecule has 2 aromatic carbocycles. The second kappa shape index (κ2) is 10.1. The van der Waals surface area contributed by atoms with Gasteiger partial charge in [0.25, 0.3) is 0 Å². The largest absolute Gasteiger partial charge is 0.325 e. The van der Waals surface area contributed by atoms with Crippen LogP contribution >= 0.6 is 11.8 Å². The van der Waals surface area contributed by atoms with Gasteiger partial charge < -0.3 is 9.88 Å². The number of nitrogens with zero attached hydrogens (tertiary/aromatic N) is 3. The molecule has 1 aromatic heterocycles. The standard InChI is InChI=1S/C22H26N4O3S2/c1-4-17-8-10-18(11-9-17)23-21(27)14-30-22-25-24-20(26(22)5-2)15-31(28,29)19-12-6-16(3)7-13-19/h6-13H,4-5,14-15H2,1-3H3,(H,23,27). The summed E-state index contributed by atoms with van der Waals surface area (Å²) in [6.07, 6.45) is 0.943. The summed E-state index contributed by atoms with van der Waals surface area (Å²) in [6.45, 7) is 6.39. The van der Waals surface area contributed by atoms with Gasteiger partial charge in [-0.05, 0) is 50.1 Å². The second-order valence-corrected chi connectivity index (χ2v) is 10.0. The van der Waals surface area contributed by atoms with Crippen molar-refractivity contribution in [1.82, 2.24) is 14.8 Å². The van der Waals surface area contributed by atoms with Crippen molar-refractivity contribution in [2.45, 2.75) is 49.5 Å². The van der Waals surface area contributed by atoms with Gasteiger partial charge in [-0.1, -0.05) is 48.5 Å². The van der Waals surface area contributed by atoms with Gasteiger partial charge >= 0.3 is 0 Å². The first kappa shape index (κ1) is 23.0. The van der Waals surface area contributed by atoms with E-state index in [9.17, 15) is 13.2 Å². The van der Waals surface area contributed by atoms with Crippen LogP contribution in [0.1, 0.15) is 30.8 Å². The van der Waals surface area contributed by atoms with Crippen LogP contribution in [0.15, 0.2) is 58.6 Å². The van der Waals surface area contributed by atoms with Crippen LogP contribution in [-0.4, -0.2) is 34.8 Å². The van der Waals surface area contributed by atoms with E-state index in [1.54, 1.807) is 28.8 Å². The lowest BCUT2D eigenvalue weighted by Gasteiger charge is -2.09. The van der Waals surface area contributed by atoms with Gasteiger partial charge in [0, 0.05) is 12.2 Å². The van der Waals surface area contributed by atoms with Crippen molar-refractivity contribution in [2.24, 2.45) is 0 Å². The summed E-state index contributed by atoms with van der Waals surface area (Å²) < 4.78 is 27.2. The molecule has 0 aliphatic heterocycles. The minimum absolute atomic E-state index is 0.151. The Morgan fingerprint density at radius 1 is 1.03 bits per heavy atom. The Kier molecular flexibility index (Phi) is 7.50. The van der Waals surface area contributed by atoms with Crippen LogP contribution in [0.4, 0.5) is 5.69 Å². The lowest BCUT2D eigenvalue weighted by atomic mass is 10.1. The molecule has 7 nitrogen and oxygen atoms in total. The quantitative estimate of drug-likeness (QED) is 0.489. The van der Waals surface area contributed by atoms with E-state index in [2.05, 4.69) is 22.4 Å². The average Bonchev–Trinajstić information content (AvgIpc) is 3.13. The molecule has 3 aromatic rings. The smallest absolute Gasteiger partial charge is 0.234 e. The molecule has 1 amide bonds. The maximum atomic E-state index is 12.8. The summed E-state index contributed by atoms with van der Waals surface area (Å²) in [5.41, 5.74) is 2.94. The molecule has 0 saturated carbocycles. The van der Waals surface area contributed by atoms with Gasteiger partial charge in [0.2, 0.25) is 5.91 Å². The van der Waals surface area contributed by atoms with E-state index in [0.717, 1.165) is 17.7 Å². The molecule has 1 N–H and O–H groups in total. The second-order valence-electron chi connectivity index (χ2n) is 7.10. The first-order valence-electron chi connectivity index (χ1n) is 10.1. The van der Waals surface area contributed by atoms with Gasteiger partial charge in [-0.2, -0.15) is 0 Å². The topological polar surface area (TPSA) is 94.0 Å². The van der Waals surface area contributed by atoms with Gasteiger partial charge in [0.15, 0.2) is 15.0 Å². The molecule has 0 radical (unpaired) electrons. The summed E-state index contributed by atoms with van der Waals surface area (Å²) in [7, 11) is -3.54. The highest BCUT2D eigenvalue weighted by molar-refractivity contribution is 7.99. The lowest BCUT2D eigenvalue weighted by molar-refractivity contribution is -0.113. The molecule has 0 saturated heterocycles. The number of benzene rings is 2. The highest BCUT2D eigenvalue weighted by Gasteiger charge is 2.21. The van der Waals surface area contributed by atoms with E-state index >= 15 is 0 Å². The van der Waals surface area contributed by atoms with Crippen LogP contribution in [0.25, 0.3) is 0 Å². The zero-order chi connectivity index (χ0) is 22.4. The summed E-state index contributed by atoms with van der Waals surface area (Å²) in [4.78, 5) is 12.6. The van der Waals surface area contributed by atoms with Crippen molar-refractivity contribution in [3.8, 4) is 0 Å². The molecule has 9 heteroatoms. The molecule has 3 rings (SSSR count). The summed E-state index contributed by atoms with van der Waals surface area (Å²) in [5.74, 6) is 0.112.